The van der Waals surface area contributed by atoms with Crippen LogP contribution in [0.3, 0.4) is 0 Å². The third kappa shape index (κ3) is 3.11. The van der Waals surface area contributed by atoms with Crippen LogP contribution in [0, 0.1) is 5.92 Å². The van der Waals surface area contributed by atoms with Gasteiger partial charge in [0.05, 0.1) is 22.2 Å². The molecule has 1 aliphatic carbocycles. The number of hydrogen-bond donors (Lipinski definition) is 0. The van der Waals surface area contributed by atoms with Gasteiger partial charge in [0.1, 0.15) is 0 Å². The number of benzene rings is 1. The second kappa shape index (κ2) is 6.68. The van der Waals surface area contributed by atoms with Gasteiger partial charge < -0.3 is 4.42 Å². The van der Waals surface area contributed by atoms with Gasteiger partial charge in [-0.2, -0.15) is 0 Å². The van der Waals surface area contributed by atoms with Crippen LogP contribution in [0.25, 0.3) is 0 Å². The molecular weight excluding hydrogens is 332 g/mol. The minimum absolute atomic E-state index is 0.128. The Morgan fingerprint density at radius 2 is 2.00 bits per heavy atom. The van der Waals surface area contributed by atoms with E-state index in [0.29, 0.717) is 24.2 Å². The maximum atomic E-state index is 13.8. The topological polar surface area (TPSA) is 47.3 Å². The summed E-state index contributed by atoms with van der Waals surface area (Å²) < 4.78 is 31.9. The van der Waals surface area contributed by atoms with E-state index in [1.165, 1.54) is 0 Å². The minimum Gasteiger partial charge on any atom is -0.472 e. The van der Waals surface area contributed by atoms with Crippen molar-refractivity contribution in [3.63, 3.8) is 0 Å². The van der Waals surface area contributed by atoms with E-state index in [0.717, 1.165) is 16.7 Å². The molecule has 0 bridgehead atoms. The van der Waals surface area contributed by atoms with E-state index in [1.54, 1.807) is 36.8 Å². The molecule has 3 nitrogen and oxygen atoms in total. The fourth-order valence-corrected chi connectivity index (χ4v) is 6.42. The monoisotopic (exact) mass is 356 g/mol. The van der Waals surface area contributed by atoms with Gasteiger partial charge in [-0.05, 0) is 56.9 Å². The van der Waals surface area contributed by atoms with Crippen molar-refractivity contribution >= 4 is 9.84 Å². The van der Waals surface area contributed by atoms with E-state index >= 15 is 0 Å². The minimum atomic E-state index is -3.57. The lowest BCUT2D eigenvalue weighted by atomic mass is 9.73. The molecule has 0 saturated carbocycles. The van der Waals surface area contributed by atoms with Crippen LogP contribution in [0.1, 0.15) is 32.3 Å². The molecule has 132 valence electrons. The molecule has 2 atom stereocenters. The lowest BCUT2D eigenvalue weighted by Gasteiger charge is -2.43. The van der Waals surface area contributed by atoms with Crippen LogP contribution < -0.4 is 0 Å². The average molecular weight is 356 g/mol. The normalized spacial score (nSPS) is 23.9. The standard InChI is InChI=1S/C21H24O3S/c1-16(2)20-10-9-17(3)13-21(20,14-18-11-12-24-15-18)25(22,23)19-7-5-4-6-8-19/h4-9,11-12,15,20H,1,10,13-14H2,2-3H3/t20-,21-/m1/s1. The van der Waals surface area contributed by atoms with Crippen LogP contribution in [0.2, 0.25) is 0 Å². The van der Waals surface area contributed by atoms with Gasteiger partial charge in [0, 0.05) is 5.92 Å². The fourth-order valence-electron chi connectivity index (χ4n) is 3.99. The van der Waals surface area contributed by atoms with Crippen molar-refractivity contribution in [2.24, 2.45) is 5.92 Å². The highest BCUT2D eigenvalue weighted by Gasteiger charge is 2.52. The molecule has 1 heterocycles. The summed E-state index contributed by atoms with van der Waals surface area (Å²) in [5, 5.41) is 0. The van der Waals surface area contributed by atoms with Crippen LogP contribution in [-0.2, 0) is 16.3 Å². The first kappa shape index (κ1) is 17.7. The van der Waals surface area contributed by atoms with Gasteiger partial charge >= 0.3 is 0 Å². The Morgan fingerprint density at radius 1 is 1.28 bits per heavy atom. The Morgan fingerprint density at radius 3 is 2.60 bits per heavy atom. The van der Waals surface area contributed by atoms with E-state index in [2.05, 4.69) is 12.7 Å². The summed E-state index contributed by atoms with van der Waals surface area (Å²) in [6, 6.07) is 10.6. The molecule has 0 fully saturated rings. The van der Waals surface area contributed by atoms with Gasteiger partial charge in [0.2, 0.25) is 0 Å². The van der Waals surface area contributed by atoms with Crippen molar-refractivity contribution in [3.05, 3.63) is 78.3 Å². The molecule has 4 heteroatoms. The van der Waals surface area contributed by atoms with Crippen LogP contribution >= 0.6 is 0 Å². The van der Waals surface area contributed by atoms with E-state index in [1.807, 2.05) is 26.0 Å². The number of sulfone groups is 1. The highest BCUT2D eigenvalue weighted by atomic mass is 32.2. The zero-order valence-corrected chi connectivity index (χ0v) is 15.6. The number of rotatable bonds is 5. The number of furan rings is 1. The third-order valence-electron chi connectivity index (χ3n) is 5.18. The Kier molecular flexibility index (Phi) is 4.74. The Balaban J connectivity index is 2.21. The van der Waals surface area contributed by atoms with E-state index in [9.17, 15) is 8.42 Å². The summed E-state index contributed by atoms with van der Waals surface area (Å²) in [6.07, 6.45) is 7.01. The van der Waals surface area contributed by atoms with Crippen LogP contribution in [0.4, 0.5) is 0 Å². The van der Waals surface area contributed by atoms with E-state index < -0.39 is 14.6 Å². The van der Waals surface area contributed by atoms with Crippen molar-refractivity contribution < 1.29 is 12.8 Å². The zero-order valence-electron chi connectivity index (χ0n) is 14.7. The summed E-state index contributed by atoms with van der Waals surface area (Å²) in [7, 11) is -3.57. The molecule has 0 saturated heterocycles. The molecule has 0 N–H and O–H groups in total. The highest BCUT2D eigenvalue weighted by Crippen LogP contribution is 2.47. The zero-order chi connectivity index (χ0) is 18.1. The van der Waals surface area contributed by atoms with Gasteiger partial charge in [-0.3, -0.25) is 0 Å². The molecule has 0 amide bonds. The Hall–Kier alpha value is -2.07. The number of allylic oxidation sites excluding steroid dienone is 3. The van der Waals surface area contributed by atoms with Gasteiger partial charge in [0.15, 0.2) is 9.84 Å². The number of hydrogen-bond acceptors (Lipinski definition) is 3. The summed E-state index contributed by atoms with van der Waals surface area (Å²) in [5.41, 5.74) is 2.92. The van der Waals surface area contributed by atoms with Crippen molar-refractivity contribution in [1.82, 2.24) is 0 Å². The average Bonchev–Trinajstić information content (AvgIpc) is 3.08. The SMILES string of the molecule is C=C(C)[C@H]1CC=C(C)C[C@]1(Cc1ccoc1)S(=O)(=O)c1ccccc1. The lowest BCUT2D eigenvalue weighted by Crippen LogP contribution is -2.49. The quantitative estimate of drug-likeness (QED) is 0.711. The molecule has 25 heavy (non-hydrogen) atoms. The molecule has 0 aliphatic heterocycles. The fraction of sp³-hybridized carbons (Fsp3) is 0.333. The van der Waals surface area contributed by atoms with Crippen molar-refractivity contribution in [1.29, 1.82) is 0 Å². The smallest absolute Gasteiger partial charge is 0.185 e. The van der Waals surface area contributed by atoms with Gasteiger partial charge in [-0.1, -0.05) is 42.0 Å². The first-order valence-electron chi connectivity index (χ1n) is 8.48. The molecule has 0 spiro atoms. The molecule has 2 aromatic rings. The highest BCUT2D eigenvalue weighted by molar-refractivity contribution is 7.92. The van der Waals surface area contributed by atoms with Gasteiger partial charge in [0.25, 0.3) is 0 Å². The second-order valence-electron chi connectivity index (χ2n) is 7.05. The predicted molar refractivity (Wildman–Crippen MR) is 100 cm³/mol. The van der Waals surface area contributed by atoms with E-state index in [-0.39, 0.29) is 5.92 Å². The predicted octanol–water partition coefficient (Wildman–Crippen LogP) is 4.97. The summed E-state index contributed by atoms with van der Waals surface area (Å²) in [4.78, 5) is 0.374. The third-order valence-corrected chi connectivity index (χ3v) is 7.72. The molecule has 0 unspecified atom stereocenters. The maximum Gasteiger partial charge on any atom is 0.185 e. The molecule has 0 radical (unpaired) electrons. The first-order chi connectivity index (χ1) is 11.9. The largest absolute Gasteiger partial charge is 0.472 e. The van der Waals surface area contributed by atoms with E-state index in [4.69, 9.17) is 4.42 Å². The summed E-state index contributed by atoms with van der Waals surface area (Å²) in [6.45, 7) is 8.07. The second-order valence-corrected chi connectivity index (χ2v) is 9.34. The first-order valence-corrected chi connectivity index (χ1v) is 9.97. The molecule has 1 aromatic heterocycles. The van der Waals surface area contributed by atoms with Gasteiger partial charge in [-0.25, -0.2) is 8.42 Å². The van der Waals surface area contributed by atoms with Gasteiger partial charge in [-0.15, -0.1) is 0 Å². The Bertz CT molecular complexity index is 876. The molecule has 1 aliphatic rings. The molecular formula is C21H24O3S. The van der Waals surface area contributed by atoms with Crippen LogP contribution in [-0.4, -0.2) is 13.2 Å². The Labute approximate surface area is 150 Å². The summed E-state index contributed by atoms with van der Waals surface area (Å²) >= 11 is 0. The maximum absolute atomic E-state index is 13.8. The molecule has 3 rings (SSSR count). The van der Waals surface area contributed by atoms with Crippen LogP contribution in [0.15, 0.2) is 82.0 Å². The van der Waals surface area contributed by atoms with Crippen molar-refractivity contribution in [2.75, 3.05) is 0 Å². The summed E-state index contributed by atoms with van der Waals surface area (Å²) in [5.74, 6) is -0.128. The van der Waals surface area contributed by atoms with Crippen LogP contribution in [0.5, 0.6) is 0 Å². The van der Waals surface area contributed by atoms with Crippen molar-refractivity contribution in [3.8, 4) is 0 Å². The lowest BCUT2D eigenvalue weighted by molar-refractivity contribution is 0.371. The molecule has 1 aromatic carbocycles. The van der Waals surface area contributed by atoms with Crippen molar-refractivity contribution in [2.45, 2.75) is 42.8 Å².